The maximum absolute atomic E-state index is 14.1. The molecule has 0 spiro atoms. The van der Waals surface area contributed by atoms with Crippen LogP contribution in [-0.2, 0) is 17.8 Å². The molecule has 2 aliphatic heterocycles. The highest BCUT2D eigenvalue weighted by atomic mass is 19.1. The number of fused-ring (bicyclic) bond motifs is 1. The second-order valence-electron chi connectivity index (χ2n) is 8.12. The number of benzene rings is 1. The Kier molecular flexibility index (Phi) is 7.66. The number of hydrogen-bond donors (Lipinski definition) is 4. The average molecular weight is 441 g/mol. The second-order valence-corrected chi connectivity index (χ2v) is 8.12. The van der Waals surface area contributed by atoms with Gasteiger partial charge < -0.3 is 21.1 Å². The molecular weight excluding hydrogens is 411 g/mol. The molecule has 0 aromatic heterocycles. The number of aliphatic imine (C=N–C) groups is 3. The van der Waals surface area contributed by atoms with Crippen molar-refractivity contribution in [1.82, 2.24) is 10.6 Å². The van der Waals surface area contributed by atoms with Crippen molar-refractivity contribution in [3.63, 3.8) is 0 Å². The molecule has 0 radical (unpaired) electrons. The normalized spacial score (nSPS) is 19.4. The number of carbonyl (C=O) groups excluding carboxylic acids is 1. The van der Waals surface area contributed by atoms with Crippen LogP contribution in [-0.4, -0.2) is 54.6 Å². The van der Waals surface area contributed by atoms with Gasteiger partial charge in [-0.25, -0.2) is 9.38 Å². The van der Waals surface area contributed by atoms with Gasteiger partial charge in [0.1, 0.15) is 35.8 Å². The summed E-state index contributed by atoms with van der Waals surface area (Å²) in [6.45, 7) is 8.32. The van der Waals surface area contributed by atoms with Gasteiger partial charge in [0.2, 0.25) is 0 Å². The van der Waals surface area contributed by atoms with Gasteiger partial charge in [0.25, 0.3) is 0 Å². The highest BCUT2D eigenvalue weighted by molar-refractivity contribution is 6.14. The molecule has 3 rings (SSSR count). The van der Waals surface area contributed by atoms with E-state index in [1.807, 2.05) is 6.07 Å². The largest absolute Gasteiger partial charge is 0.384 e. The molecule has 0 saturated heterocycles. The molecule has 1 aromatic rings. The predicted molar refractivity (Wildman–Crippen MR) is 126 cm³/mol. The SMILES string of the molecule is C=N/C=C(C=O)\C(=N/CNc1ccc2c(c1)CNCC2)NC1CC=C(F)C(C(C)(C)O)=N1. The highest BCUT2D eigenvalue weighted by Crippen LogP contribution is 2.21. The first kappa shape index (κ1) is 23.5. The third-order valence-electron chi connectivity index (χ3n) is 5.16. The Morgan fingerprint density at radius 3 is 2.97 bits per heavy atom. The molecule has 32 heavy (non-hydrogen) atoms. The lowest BCUT2D eigenvalue weighted by Gasteiger charge is -2.26. The van der Waals surface area contributed by atoms with Crippen molar-refractivity contribution in [3.8, 4) is 0 Å². The van der Waals surface area contributed by atoms with Crippen molar-refractivity contribution >= 4 is 30.2 Å². The van der Waals surface area contributed by atoms with Gasteiger partial charge in [0.05, 0.1) is 5.57 Å². The molecule has 170 valence electrons. The van der Waals surface area contributed by atoms with Crippen LogP contribution in [0.25, 0.3) is 0 Å². The third-order valence-corrected chi connectivity index (χ3v) is 5.16. The molecule has 0 aliphatic carbocycles. The highest BCUT2D eigenvalue weighted by Gasteiger charge is 2.29. The minimum absolute atomic E-state index is 0.0557. The zero-order valence-corrected chi connectivity index (χ0v) is 18.4. The standard InChI is InChI=1S/C23H29FN6O2/c1-23(2,32)21-19(24)6-7-20(29-21)30-22(17(13-31)11-25-3)28-14-27-18-5-4-15-8-9-26-12-16(15)10-18/h4-6,10-11,13,20,26-27,32H,3,7-9,12,14H2,1-2H3,(H,28,30)/b17-11-. The number of halogens is 1. The first-order valence-electron chi connectivity index (χ1n) is 10.5. The molecule has 1 unspecified atom stereocenters. The topological polar surface area (TPSA) is 110 Å². The number of rotatable bonds is 8. The number of anilines is 1. The zero-order valence-electron chi connectivity index (χ0n) is 18.4. The lowest BCUT2D eigenvalue weighted by Crippen LogP contribution is -2.41. The van der Waals surface area contributed by atoms with E-state index in [1.165, 1.54) is 37.3 Å². The third kappa shape index (κ3) is 5.95. The summed E-state index contributed by atoms with van der Waals surface area (Å²) in [5.74, 6) is -0.310. The molecule has 4 N–H and O–H groups in total. The minimum Gasteiger partial charge on any atom is -0.384 e. The summed E-state index contributed by atoms with van der Waals surface area (Å²) in [6.07, 6.45) is 3.91. The lowest BCUT2D eigenvalue weighted by molar-refractivity contribution is -0.104. The van der Waals surface area contributed by atoms with Crippen molar-refractivity contribution in [2.45, 2.75) is 45.0 Å². The minimum atomic E-state index is -1.44. The van der Waals surface area contributed by atoms with E-state index in [4.69, 9.17) is 0 Å². The summed E-state index contributed by atoms with van der Waals surface area (Å²) < 4.78 is 14.1. The molecule has 1 aromatic carbocycles. The second kappa shape index (κ2) is 10.4. The van der Waals surface area contributed by atoms with Gasteiger partial charge in [0, 0.05) is 24.9 Å². The number of nitrogens with one attached hydrogen (secondary N) is 3. The van der Waals surface area contributed by atoms with Crippen LogP contribution < -0.4 is 16.0 Å². The molecule has 1 atom stereocenters. The van der Waals surface area contributed by atoms with Crippen LogP contribution in [0.3, 0.4) is 0 Å². The number of aliphatic hydroxyl groups is 1. The van der Waals surface area contributed by atoms with Gasteiger partial charge in [-0.2, -0.15) is 0 Å². The summed E-state index contributed by atoms with van der Waals surface area (Å²) in [6, 6.07) is 6.19. The number of nitrogens with zero attached hydrogens (tertiary/aromatic N) is 3. The van der Waals surface area contributed by atoms with Crippen LogP contribution in [0.1, 0.15) is 31.4 Å². The molecular formula is C23H29FN6O2. The number of amidine groups is 1. The van der Waals surface area contributed by atoms with E-state index in [0.29, 0.717) is 6.29 Å². The van der Waals surface area contributed by atoms with E-state index in [0.717, 1.165) is 25.2 Å². The fourth-order valence-electron chi connectivity index (χ4n) is 3.55. The zero-order chi connectivity index (χ0) is 23.1. The Morgan fingerprint density at radius 2 is 2.25 bits per heavy atom. The Morgan fingerprint density at radius 1 is 1.44 bits per heavy atom. The molecule has 9 heteroatoms. The Balaban J connectivity index is 1.77. The van der Waals surface area contributed by atoms with Crippen LogP contribution in [0.4, 0.5) is 10.1 Å². The van der Waals surface area contributed by atoms with Crippen LogP contribution in [0.2, 0.25) is 0 Å². The molecule has 0 fully saturated rings. The quantitative estimate of drug-likeness (QED) is 0.215. The van der Waals surface area contributed by atoms with Gasteiger partial charge in [-0.3, -0.25) is 14.8 Å². The van der Waals surface area contributed by atoms with Crippen molar-refractivity contribution in [2.75, 3.05) is 18.5 Å². The molecule has 0 saturated carbocycles. The predicted octanol–water partition coefficient (Wildman–Crippen LogP) is 2.27. The van der Waals surface area contributed by atoms with Gasteiger partial charge in [0.15, 0.2) is 6.29 Å². The summed E-state index contributed by atoms with van der Waals surface area (Å²) in [7, 11) is 0. The fourth-order valence-corrected chi connectivity index (χ4v) is 3.55. The van der Waals surface area contributed by atoms with Gasteiger partial charge in [-0.15, -0.1) is 0 Å². The van der Waals surface area contributed by atoms with Crippen molar-refractivity contribution in [3.05, 3.63) is 53.0 Å². The first-order valence-corrected chi connectivity index (χ1v) is 10.5. The average Bonchev–Trinajstić information content (AvgIpc) is 2.77. The lowest BCUT2D eigenvalue weighted by atomic mass is 9.98. The van der Waals surface area contributed by atoms with Crippen molar-refractivity contribution in [2.24, 2.45) is 15.0 Å². The number of dihydropyridines is 1. The maximum Gasteiger partial charge on any atom is 0.155 e. The fraction of sp³-hybridized carbons (Fsp3) is 0.391. The Hall–Kier alpha value is -3.17. The van der Waals surface area contributed by atoms with Crippen LogP contribution in [0.15, 0.2) is 56.9 Å². The monoisotopic (exact) mass is 440 g/mol. The van der Waals surface area contributed by atoms with Gasteiger partial charge >= 0.3 is 0 Å². The molecule has 2 aliphatic rings. The molecule has 8 nitrogen and oxygen atoms in total. The number of aldehydes is 1. The number of carbonyl (C=O) groups is 1. The van der Waals surface area contributed by atoms with E-state index >= 15 is 0 Å². The van der Waals surface area contributed by atoms with Crippen LogP contribution >= 0.6 is 0 Å². The summed E-state index contributed by atoms with van der Waals surface area (Å²) in [5, 5.41) is 19.8. The molecule has 2 heterocycles. The van der Waals surface area contributed by atoms with Gasteiger partial charge in [-0.1, -0.05) is 6.07 Å². The molecule has 0 bridgehead atoms. The van der Waals surface area contributed by atoms with E-state index in [-0.39, 0.29) is 30.2 Å². The maximum atomic E-state index is 14.1. The van der Waals surface area contributed by atoms with E-state index in [1.54, 1.807) is 0 Å². The van der Waals surface area contributed by atoms with Crippen molar-refractivity contribution < 1.29 is 14.3 Å². The van der Waals surface area contributed by atoms with Gasteiger partial charge in [-0.05, 0) is 62.9 Å². The van der Waals surface area contributed by atoms with Crippen LogP contribution in [0.5, 0.6) is 0 Å². The van der Waals surface area contributed by atoms with Crippen molar-refractivity contribution in [1.29, 1.82) is 0 Å². The van der Waals surface area contributed by atoms with E-state index in [2.05, 4.69) is 49.8 Å². The van der Waals surface area contributed by atoms with E-state index < -0.39 is 17.6 Å². The van der Waals surface area contributed by atoms with Crippen LogP contribution in [0, 0.1) is 0 Å². The van der Waals surface area contributed by atoms with E-state index in [9.17, 15) is 14.3 Å². The summed E-state index contributed by atoms with van der Waals surface area (Å²) in [5.41, 5.74) is 2.19. The summed E-state index contributed by atoms with van der Waals surface area (Å²) in [4.78, 5) is 24.0. The molecule has 0 amide bonds. The Bertz CT molecular complexity index is 991. The number of hydrogen-bond acceptors (Lipinski definition) is 7. The first-order chi connectivity index (χ1) is 15.3. The smallest absolute Gasteiger partial charge is 0.155 e. The Labute approximate surface area is 187 Å². The summed E-state index contributed by atoms with van der Waals surface area (Å²) >= 11 is 0.